The first-order valence-electron chi connectivity index (χ1n) is 5.18. The number of amides is 1. The number of hydrogen-bond acceptors (Lipinski definition) is 7. The molecule has 21 heavy (non-hydrogen) atoms. The number of aromatic nitrogens is 3. The van der Waals surface area contributed by atoms with Crippen LogP contribution in [0.3, 0.4) is 0 Å². The maximum atomic E-state index is 11.9. The molecule has 0 unspecified atom stereocenters. The van der Waals surface area contributed by atoms with Crippen molar-refractivity contribution < 1.29 is 14.6 Å². The monoisotopic (exact) mass is 312 g/mol. The minimum atomic E-state index is -0.912. The van der Waals surface area contributed by atoms with Crippen molar-refractivity contribution in [1.82, 2.24) is 14.9 Å². The number of hydrogen-bond donors (Lipinski definition) is 1. The lowest BCUT2D eigenvalue weighted by Crippen LogP contribution is -2.21. The van der Waals surface area contributed by atoms with E-state index in [1.54, 1.807) is 0 Å². The lowest BCUT2D eigenvalue weighted by Gasteiger charge is -2.05. The van der Waals surface area contributed by atoms with Crippen LogP contribution in [0.25, 0.3) is 0 Å². The Bertz CT molecular complexity index is 695. The molecule has 0 radical (unpaired) electrons. The molecule has 1 heterocycles. The van der Waals surface area contributed by atoms with Crippen LogP contribution in [0.15, 0.2) is 24.8 Å². The van der Waals surface area contributed by atoms with Gasteiger partial charge in [-0.1, -0.05) is 11.6 Å². The van der Waals surface area contributed by atoms with Gasteiger partial charge in [0, 0.05) is 12.1 Å². The Morgan fingerprint density at radius 1 is 1.14 bits per heavy atom. The second-order valence-electron chi connectivity index (χ2n) is 3.65. The number of nitro benzene ring substituents is 2. The summed E-state index contributed by atoms with van der Waals surface area (Å²) in [4.78, 5) is 31.7. The van der Waals surface area contributed by atoms with Crippen molar-refractivity contribution in [3.05, 3.63) is 55.6 Å². The normalized spacial score (nSPS) is 10.1. The summed E-state index contributed by atoms with van der Waals surface area (Å²) in [5.41, 5.74) is 0.482. The summed E-state index contributed by atoms with van der Waals surface area (Å²) < 4.78 is 1.08. The molecule has 0 spiro atoms. The first kappa shape index (κ1) is 14.3. The zero-order valence-corrected chi connectivity index (χ0v) is 10.7. The van der Waals surface area contributed by atoms with Gasteiger partial charge in [-0.2, -0.15) is 0 Å². The van der Waals surface area contributed by atoms with Crippen LogP contribution in [-0.4, -0.2) is 30.6 Å². The Labute approximate surface area is 120 Å². The van der Waals surface area contributed by atoms with E-state index in [2.05, 4.69) is 15.6 Å². The molecule has 0 saturated heterocycles. The molecule has 0 aliphatic heterocycles. The highest BCUT2D eigenvalue weighted by atomic mass is 35.5. The Morgan fingerprint density at radius 2 is 1.62 bits per heavy atom. The van der Waals surface area contributed by atoms with E-state index in [0.29, 0.717) is 0 Å². The zero-order chi connectivity index (χ0) is 15.6. The van der Waals surface area contributed by atoms with Crippen LogP contribution < -0.4 is 5.43 Å². The largest absolute Gasteiger partial charge is 0.295 e. The maximum Gasteiger partial charge on any atom is 0.295 e. The summed E-state index contributed by atoms with van der Waals surface area (Å²) in [6.45, 7) is 0. The molecule has 1 aromatic heterocycles. The van der Waals surface area contributed by atoms with E-state index in [4.69, 9.17) is 11.6 Å². The Morgan fingerprint density at radius 3 is 2.05 bits per heavy atom. The summed E-state index contributed by atoms with van der Waals surface area (Å²) in [6.07, 6.45) is 2.33. The van der Waals surface area contributed by atoms with Gasteiger partial charge in [-0.05, 0) is 0 Å². The number of carbonyl (C=O) groups excluding carboxylic acids is 1. The summed E-state index contributed by atoms with van der Waals surface area (Å²) in [7, 11) is 0. The molecule has 0 fully saturated rings. The molecular weight excluding hydrogens is 308 g/mol. The van der Waals surface area contributed by atoms with Crippen molar-refractivity contribution in [3.63, 3.8) is 0 Å². The predicted molar refractivity (Wildman–Crippen MR) is 68.5 cm³/mol. The number of nitro groups is 2. The average Bonchev–Trinajstić information content (AvgIpc) is 2.90. The summed E-state index contributed by atoms with van der Waals surface area (Å²) in [6, 6.07) is 1.68. The molecule has 11 nitrogen and oxygen atoms in total. The molecule has 0 aliphatic rings. The number of nitrogens with zero attached hydrogens (tertiary/aromatic N) is 5. The van der Waals surface area contributed by atoms with Gasteiger partial charge in [0.05, 0.1) is 15.4 Å². The van der Waals surface area contributed by atoms with E-state index in [1.807, 2.05) is 0 Å². The highest BCUT2D eigenvalue weighted by Crippen LogP contribution is 2.34. The third-order valence-electron chi connectivity index (χ3n) is 2.34. The predicted octanol–water partition coefficient (Wildman–Crippen LogP) is 1.13. The quantitative estimate of drug-likeness (QED) is 0.657. The standard InChI is InChI=1S/C9H5ClN6O5/c10-8-6(15(18)19)1-5(2-7(8)16(20)21)9(17)13-14-3-11-12-4-14/h1-4H,(H,13,17). The second-order valence-corrected chi connectivity index (χ2v) is 4.03. The molecule has 1 aromatic carbocycles. The molecule has 0 bridgehead atoms. The first-order valence-corrected chi connectivity index (χ1v) is 5.56. The molecule has 12 heteroatoms. The minimum Gasteiger partial charge on any atom is -0.267 e. The smallest absolute Gasteiger partial charge is 0.267 e. The van der Waals surface area contributed by atoms with Gasteiger partial charge in [0.15, 0.2) is 5.02 Å². The van der Waals surface area contributed by atoms with Gasteiger partial charge in [-0.25, -0.2) is 4.68 Å². The summed E-state index contributed by atoms with van der Waals surface area (Å²) in [5, 5.41) is 27.9. The van der Waals surface area contributed by atoms with Crippen LogP contribution in [0.4, 0.5) is 11.4 Å². The van der Waals surface area contributed by atoms with Crippen LogP contribution in [0.2, 0.25) is 5.02 Å². The number of benzene rings is 1. The lowest BCUT2D eigenvalue weighted by atomic mass is 10.1. The fourth-order valence-corrected chi connectivity index (χ4v) is 1.68. The summed E-state index contributed by atoms with van der Waals surface area (Å²) in [5.74, 6) is -0.822. The van der Waals surface area contributed by atoms with Gasteiger partial charge in [0.2, 0.25) is 0 Å². The molecule has 2 rings (SSSR count). The van der Waals surface area contributed by atoms with Gasteiger partial charge in [0.25, 0.3) is 17.3 Å². The van der Waals surface area contributed by atoms with Crippen molar-refractivity contribution in [1.29, 1.82) is 0 Å². The van der Waals surface area contributed by atoms with E-state index in [1.165, 1.54) is 0 Å². The van der Waals surface area contributed by atoms with Crippen LogP contribution in [0.5, 0.6) is 0 Å². The number of rotatable bonds is 4. The van der Waals surface area contributed by atoms with Crippen LogP contribution >= 0.6 is 11.6 Å². The maximum absolute atomic E-state index is 11.9. The molecular formula is C9H5ClN6O5. The van der Waals surface area contributed by atoms with Gasteiger partial charge in [-0.15, -0.1) is 10.2 Å². The Balaban J connectivity index is 2.46. The van der Waals surface area contributed by atoms with Crippen LogP contribution in [0, 0.1) is 20.2 Å². The third kappa shape index (κ3) is 2.92. The molecule has 2 aromatic rings. The van der Waals surface area contributed by atoms with E-state index >= 15 is 0 Å². The molecule has 0 atom stereocenters. The zero-order valence-electron chi connectivity index (χ0n) is 9.96. The lowest BCUT2D eigenvalue weighted by molar-refractivity contribution is -0.393. The number of halogens is 1. The van der Waals surface area contributed by atoms with Crippen molar-refractivity contribution in [2.75, 3.05) is 5.43 Å². The van der Waals surface area contributed by atoms with Crippen molar-refractivity contribution in [3.8, 4) is 0 Å². The van der Waals surface area contributed by atoms with Crippen LogP contribution in [-0.2, 0) is 0 Å². The van der Waals surface area contributed by atoms with Gasteiger partial charge < -0.3 is 0 Å². The van der Waals surface area contributed by atoms with E-state index in [9.17, 15) is 25.0 Å². The topological polar surface area (TPSA) is 146 Å². The van der Waals surface area contributed by atoms with Crippen LogP contribution in [0.1, 0.15) is 10.4 Å². The fourth-order valence-electron chi connectivity index (χ4n) is 1.43. The van der Waals surface area contributed by atoms with Crippen molar-refractivity contribution in [2.45, 2.75) is 0 Å². The van der Waals surface area contributed by atoms with Crippen molar-refractivity contribution in [2.24, 2.45) is 0 Å². The second kappa shape index (κ2) is 5.50. The molecule has 0 aliphatic carbocycles. The summed E-state index contributed by atoms with van der Waals surface area (Å²) >= 11 is 5.58. The highest BCUT2D eigenvalue weighted by Gasteiger charge is 2.27. The Hall–Kier alpha value is -3.08. The molecule has 1 N–H and O–H groups in total. The number of carbonyl (C=O) groups is 1. The highest BCUT2D eigenvalue weighted by molar-refractivity contribution is 6.35. The average molecular weight is 313 g/mol. The SMILES string of the molecule is O=C(Nn1cnnc1)c1cc([N+](=O)[O-])c(Cl)c([N+](=O)[O-])c1. The molecule has 1 amide bonds. The fraction of sp³-hybridized carbons (Fsp3) is 0. The molecule has 0 saturated carbocycles. The van der Waals surface area contributed by atoms with Gasteiger partial charge in [-0.3, -0.25) is 30.4 Å². The third-order valence-corrected chi connectivity index (χ3v) is 2.73. The minimum absolute atomic E-state index is 0.300. The first-order chi connectivity index (χ1) is 9.90. The van der Waals surface area contributed by atoms with Gasteiger partial charge in [0.1, 0.15) is 12.7 Å². The van der Waals surface area contributed by atoms with Crippen molar-refractivity contribution >= 4 is 28.9 Å². The van der Waals surface area contributed by atoms with E-state index in [0.717, 1.165) is 29.5 Å². The van der Waals surface area contributed by atoms with E-state index < -0.39 is 32.2 Å². The number of nitrogens with one attached hydrogen (secondary N) is 1. The molecule has 108 valence electrons. The van der Waals surface area contributed by atoms with E-state index in [-0.39, 0.29) is 5.56 Å². The van der Waals surface area contributed by atoms with Gasteiger partial charge >= 0.3 is 0 Å². The Kier molecular flexibility index (Phi) is 3.75.